The van der Waals surface area contributed by atoms with Crippen molar-refractivity contribution in [1.29, 1.82) is 5.26 Å². The quantitative estimate of drug-likeness (QED) is 0.357. The number of aliphatic hydroxyl groups is 1. The summed E-state index contributed by atoms with van der Waals surface area (Å²) in [6.45, 7) is 1.78. The lowest BCUT2D eigenvalue weighted by Gasteiger charge is -2.11. The van der Waals surface area contributed by atoms with Crippen LogP contribution in [0.3, 0.4) is 0 Å². The molecule has 0 bridgehead atoms. The van der Waals surface area contributed by atoms with Crippen LogP contribution in [0.2, 0.25) is 0 Å². The predicted molar refractivity (Wildman–Crippen MR) is 132 cm³/mol. The summed E-state index contributed by atoms with van der Waals surface area (Å²) < 4.78 is 16.7. The molecule has 0 aliphatic carbocycles. The van der Waals surface area contributed by atoms with Crippen molar-refractivity contribution in [2.24, 2.45) is 4.99 Å². The molecule has 1 N–H and O–H groups in total. The first-order valence-electron chi connectivity index (χ1n) is 9.50. The zero-order valence-corrected chi connectivity index (χ0v) is 20.3. The van der Waals surface area contributed by atoms with E-state index in [9.17, 15) is 9.90 Å². The number of carbonyl (C=O) groups excluding carboxylic acids is 1. The van der Waals surface area contributed by atoms with Crippen molar-refractivity contribution in [3.8, 4) is 17.6 Å². The Hall–Kier alpha value is -2.97. The predicted octanol–water partition coefficient (Wildman–Crippen LogP) is 5.40. The van der Waals surface area contributed by atoms with Crippen molar-refractivity contribution >= 4 is 57.1 Å². The van der Waals surface area contributed by atoms with Gasteiger partial charge in [0.2, 0.25) is 0 Å². The largest absolute Gasteiger partial charge is 0.506 e. The molecule has 32 heavy (non-hydrogen) atoms. The van der Waals surface area contributed by atoms with Gasteiger partial charge in [-0.25, -0.2) is 9.79 Å². The van der Waals surface area contributed by atoms with Gasteiger partial charge in [0.1, 0.15) is 22.4 Å². The van der Waals surface area contributed by atoms with E-state index in [0.29, 0.717) is 32.7 Å². The summed E-state index contributed by atoms with van der Waals surface area (Å²) in [7, 11) is 1.51. The van der Waals surface area contributed by atoms with Crippen molar-refractivity contribution in [3.05, 3.63) is 67.8 Å². The topological polar surface area (TPSA) is 101 Å². The first-order valence-corrected chi connectivity index (χ1v) is 11.4. The third-order valence-electron chi connectivity index (χ3n) is 4.19. The van der Waals surface area contributed by atoms with Gasteiger partial charge in [-0.15, -0.1) is 0 Å². The number of thioether (sulfide) groups is 1. The molecule has 1 aliphatic heterocycles. The summed E-state index contributed by atoms with van der Waals surface area (Å²) in [5, 5.41) is 20.0. The molecular weight excluding hydrogens is 543 g/mol. The molecule has 0 saturated heterocycles. The Morgan fingerprint density at radius 2 is 2.06 bits per heavy atom. The summed E-state index contributed by atoms with van der Waals surface area (Å²) in [6.07, 6.45) is 1.73. The van der Waals surface area contributed by atoms with Gasteiger partial charge in [-0.3, -0.25) is 0 Å². The highest BCUT2D eigenvalue weighted by Crippen LogP contribution is 2.41. The highest BCUT2D eigenvalue weighted by molar-refractivity contribution is 14.1. The van der Waals surface area contributed by atoms with E-state index in [1.165, 1.54) is 18.9 Å². The Morgan fingerprint density at radius 3 is 2.72 bits per heavy atom. The normalized spacial score (nSPS) is 15.7. The fourth-order valence-electron chi connectivity index (χ4n) is 2.83. The number of esters is 1. The lowest BCUT2D eigenvalue weighted by Crippen LogP contribution is -2.12. The summed E-state index contributed by atoms with van der Waals surface area (Å²) in [5.41, 5.74) is 1.40. The van der Waals surface area contributed by atoms with Gasteiger partial charge in [-0.2, -0.15) is 5.26 Å². The number of aliphatic imine (C=N–C) groups is 1. The first kappa shape index (κ1) is 23.7. The van der Waals surface area contributed by atoms with Gasteiger partial charge in [0.15, 0.2) is 18.1 Å². The highest BCUT2D eigenvalue weighted by Gasteiger charge is 2.33. The van der Waals surface area contributed by atoms with Crippen LogP contribution in [0.25, 0.3) is 6.08 Å². The molecule has 0 radical (unpaired) electrons. The second-order valence-corrected chi connectivity index (χ2v) is 8.48. The number of para-hydroxylation sites is 1. The number of hydrogen-bond acceptors (Lipinski definition) is 8. The maximum absolute atomic E-state index is 12.5. The van der Waals surface area contributed by atoms with E-state index in [4.69, 9.17) is 19.5 Å². The highest BCUT2D eigenvalue weighted by atomic mass is 127. The minimum atomic E-state index is -0.636. The molecular formula is C23H19IN2O5S. The molecule has 0 fully saturated rings. The number of hydrogen-bond donors (Lipinski definition) is 1. The van der Waals surface area contributed by atoms with Crippen molar-refractivity contribution in [2.75, 3.05) is 20.3 Å². The lowest BCUT2D eigenvalue weighted by atomic mass is 10.1. The maximum atomic E-state index is 12.5. The molecule has 0 unspecified atom stereocenters. The SMILES string of the molecule is CCOC(=O)C1=C(O)/C(=C/c2cc(I)c(OCC#N)c(OC)c2)SC1=Nc1ccccc1. The Bertz CT molecular complexity index is 1150. The molecule has 164 valence electrons. The van der Waals surface area contributed by atoms with E-state index >= 15 is 0 Å². The van der Waals surface area contributed by atoms with Gasteiger partial charge >= 0.3 is 5.97 Å². The fraction of sp³-hybridized carbons (Fsp3) is 0.174. The first-order chi connectivity index (χ1) is 15.5. The van der Waals surface area contributed by atoms with Crippen LogP contribution in [0.1, 0.15) is 12.5 Å². The Kier molecular flexibility index (Phi) is 8.19. The van der Waals surface area contributed by atoms with Crippen LogP contribution < -0.4 is 9.47 Å². The molecule has 7 nitrogen and oxygen atoms in total. The number of carbonyl (C=O) groups is 1. The lowest BCUT2D eigenvalue weighted by molar-refractivity contribution is -0.138. The minimum absolute atomic E-state index is 0.0302. The number of halogens is 1. The van der Waals surface area contributed by atoms with Crippen LogP contribution in [0.4, 0.5) is 5.69 Å². The third-order valence-corrected chi connectivity index (χ3v) is 6.01. The second-order valence-electron chi connectivity index (χ2n) is 6.29. The number of ether oxygens (including phenoxy) is 3. The summed E-state index contributed by atoms with van der Waals surface area (Å²) >= 11 is 3.27. The maximum Gasteiger partial charge on any atom is 0.344 e. The molecule has 0 aromatic heterocycles. The molecule has 1 heterocycles. The van der Waals surface area contributed by atoms with E-state index in [2.05, 4.69) is 27.6 Å². The van der Waals surface area contributed by atoms with Crippen LogP contribution in [-0.4, -0.2) is 36.4 Å². The van der Waals surface area contributed by atoms with Crippen molar-refractivity contribution in [3.63, 3.8) is 0 Å². The summed E-state index contributed by atoms with van der Waals surface area (Å²) in [5.74, 6) is 0.0911. The molecule has 0 saturated carbocycles. The number of nitrogens with zero attached hydrogens (tertiary/aromatic N) is 2. The van der Waals surface area contributed by atoms with Crippen LogP contribution >= 0.6 is 34.4 Å². The van der Waals surface area contributed by atoms with Crippen molar-refractivity contribution in [1.82, 2.24) is 0 Å². The van der Waals surface area contributed by atoms with E-state index in [1.807, 2.05) is 42.5 Å². The Labute approximate surface area is 203 Å². The average Bonchev–Trinajstić information content (AvgIpc) is 3.08. The van der Waals surface area contributed by atoms with Gasteiger partial charge in [-0.1, -0.05) is 30.0 Å². The zero-order valence-electron chi connectivity index (χ0n) is 17.3. The standard InChI is InChI=1S/C23H19IN2O5S/c1-3-30-23(28)19-20(27)18(32-22(19)26-15-7-5-4-6-8-15)13-14-11-16(24)21(31-10-9-25)17(12-14)29-2/h4-8,11-13,27H,3,10H2,1-2H3/b18-13-,26-22?. The number of nitriles is 1. The van der Waals surface area contributed by atoms with E-state index in [0.717, 1.165) is 3.57 Å². The summed E-state index contributed by atoms with van der Waals surface area (Å²) in [4.78, 5) is 17.5. The fourth-order valence-corrected chi connectivity index (χ4v) is 4.65. The monoisotopic (exact) mass is 562 g/mol. The number of methoxy groups -OCH3 is 1. The smallest absolute Gasteiger partial charge is 0.344 e. The van der Waals surface area contributed by atoms with Gasteiger partial charge in [-0.05, 0) is 65.4 Å². The average molecular weight is 562 g/mol. The molecule has 0 amide bonds. The van der Waals surface area contributed by atoms with Crippen molar-refractivity contribution < 1.29 is 24.1 Å². The Morgan fingerprint density at radius 1 is 1.31 bits per heavy atom. The van der Waals surface area contributed by atoms with Crippen LogP contribution in [0, 0.1) is 14.9 Å². The number of aliphatic hydroxyl groups excluding tert-OH is 1. The summed E-state index contributed by atoms with van der Waals surface area (Å²) in [6, 6.07) is 14.7. The van der Waals surface area contributed by atoms with E-state index < -0.39 is 5.97 Å². The zero-order chi connectivity index (χ0) is 23.1. The van der Waals surface area contributed by atoms with Crippen LogP contribution in [0.5, 0.6) is 11.5 Å². The van der Waals surface area contributed by atoms with Crippen LogP contribution in [0.15, 0.2) is 63.7 Å². The molecule has 9 heteroatoms. The van der Waals surface area contributed by atoms with Gasteiger partial charge in [0.25, 0.3) is 0 Å². The molecule has 3 rings (SSSR count). The van der Waals surface area contributed by atoms with E-state index in [-0.39, 0.29) is 24.5 Å². The minimum Gasteiger partial charge on any atom is -0.506 e. The molecule has 2 aromatic rings. The molecule has 2 aromatic carbocycles. The van der Waals surface area contributed by atoms with Crippen molar-refractivity contribution in [2.45, 2.75) is 6.92 Å². The number of rotatable bonds is 7. The third kappa shape index (κ3) is 5.44. The van der Waals surface area contributed by atoms with Gasteiger partial charge < -0.3 is 19.3 Å². The van der Waals surface area contributed by atoms with E-state index in [1.54, 1.807) is 19.1 Å². The number of benzene rings is 2. The Balaban J connectivity index is 2.04. The molecule has 0 spiro atoms. The van der Waals surface area contributed by atoms with Gasteiger partial charge in [0.05, 0.1) is 27.9 Å². The molecule has 1 aliphatic rings. The van der Waals surface area contributed by atoms with Gasteiger partial charge in [0, 0.05) is 0 Å². The van der Waals surface area contributed by atoms with Crippen LogP contribution in [-0.2, 0) is 9.53 Å². The second kappa shape index (κ2) is 11.1. The molecule has 0 atom stereocenters.